The van der Waals surface area contributed by atoms with E-state index in [1.54, 1.807) is 18.7 Å². The van der Waals surface area contributed by atoms with Crippen LogP contribution in [-0.4, -0.2) is 52.7 Å². The van der Waals surface area contributed by atoms with Crippen molar-refractivity contribution in [3.8, 4) is 11.1 Å². The van der Waals surface area contributed by atoms with E-state index in [9.17, 15) is 19.5 Å². The number of hydrogen-bond acceptors (Lipinski definition) is 4. The van der Waals surface area contributed by atoms with Crippen molar-refractivity contribution in [2.45, 2.75) is 63.5 Å². The van der Waals surface area contributed by atoms with Crippen molar-refractivity contribution in [1.82, 2.24) is 10.2 Å². The summed E-state index contributed by atoms with van der Waals surface area (Å²) >= 11 is 0. The highest BCUT2D eigenvalue weighted by Gasteiger charge is 2.34. The largest absolute Gasteiger partial charge is 0.481 e. The normalized spacial score (nSPS) is 17.6. The highest BCUT2D eigenvalue weighted by atomic mass is 16.5. The van der Waals surface area contributed by atoms with Crippen LogP contribution in [0.4, 0.5) is 4.79 Å². The van der Waals surface area contributed by atoms with Crippen molar-refractivity contribution < 1.29 is 24.2 Å². The van der Waals surface area contributed by atoms with Gasteiger partial charge in [-0.2, -0.15) is 0 Å². The Labute approximate surface area is 200 Å². The molecule has 0 aromatic heterocycles. The molecule has 7 heteroatoms. The number of carbonyl (C=O) groups excluding carboxylic acids is 2. The summed E-state index contributed by atoms with van der Waals surface area (Å²) in [5, 5.41) is 12.0. The fourth-order valence-electron chi connectivity index (χ4n) is 5.18. The minimum absolute atomic E-state index is 0.0342. The zero-order valence-electron chi connectivity index (χ0n) is 19.8. The fraction of sp³-hybridized carbons (Fsp3) is 0.444. The number of carbonyl (C=O) groups is 3. The minimum Gasteiger partial charge on any atom is -0.481 e. The lowest BCUT2D eigenvalue weighted by molar-refractivity contribution is -0.142. The second-order valence-electron chi connectivity index (χ2n) is 9.85. The van der Waals surface area contributed by atoms with Gasteiger partial charge in [0.15, 0.2) is 0 Å². The van der Waals surface area contributed by atoms with Crippen molar-refractivity contribution in [3.63, 3.8) is 0 Å². The van der Waals surface area contributed by atoms with Crippen LogP contribution in [0.15, 0.2) is 48.5 Å². The van der Waals surface area contributed by atoms with E-state index >= 15 is 0 Å². The first-order valence-electron chi connectivity index (χ1n) is 11.9. The lowest BCUT2D eigenvalue weighted by Gasteiger charge is -2.37. The maximum atomic E-state index is 13.0. The topological polar surface area (TPSA) is 95.9 Å². The first-order valence-corrected chi connectivity index (χ1v) is 11.9. The standard InChI is InChI=1S/C27H32N2O5/c1-27(2,16-24(30)29-14-8-7-9-18(29)15-25(31)32)28-26(33)34-17-23-21-12-5-3-10-19(21)20-11-4-6-13-22(20)23/h3-6,10-13,18,23H,7-9,14-17H2,1-2H3,(H,28,33)(H,31,32)/t18-/m0/s1. The van der Waals surface area contributed by atoms with Crippen LogP contribution < -0.4 is 5.32 Å². The molecule has 1 aliphatic carbocycles. The van der Waals surface area contributed by atoms with Crippen LogP contribution >= 0.6 is 0 Å². The van der Waals surface area contributed by atoms with E-state index in [1.165, 1.54) is 0 Å². The number of carboxylic acid groups (broad SMARTS) is 1. The Morgan fingerprint density at radius 2 is 1.65 bits per heavy atom. The predicted molar refractivity (Wildman–Crippen MR) is 129 cm³/mol. The quantitative estimate of drug-likeness (QED) is 0.627. The molecule has 1 fully saturated rings. The van der Waals surface area contributed by atoms with Crippen LogP contribution in [0.2, 0.25) is 0 Å². The average Bonchev–Trinajstić information content (AvgIpc) is 3.11. The molecule has 4 rings (SSSR count). The van der Waals surface area contributed by atoms with E-state index in [0.29, 0.717) is 13.0 Å². The van der Waals surface area contributed by atoms with E-state index in [1.807, 2.05) is 24.3 Å². The Morgan fingerprint density at radius 1 is 1.03 bits per heavy atom. The van der Waals surface area contributed by atoms with E-state index < -0.39 is 17.6 Å². The fourth-order valence-corrected chi connectivity index (χ4v) is 5.18. The summed E-state index contributed by atoms with van der Waals surface area (Å²) in [4.78, 5) is 38.5. The molecular weight excluding hydrogens is 432 g/mol. The van der Waals surface area contributed by atoms with Gasteiger partial charge >= 0.3 is 12.1 Å². The first kappa shape index (κ1) is 23.8. The van der Waals surface area contributed by atoms with Crippen molar-refractivity contribution >= 4 is 18.0 Å². The third kappa shape index (κ3) is 5.24. The Morgan fingerprint density at radius 3 is 2.26 bits per heavy atom. The van der Waals surface area contributed by atoms with Gasteiger partial charge in [0.2, 0.25) is 5.91 Å². The number of likely N-dealkylation sites (tertiary alicyclic amines) is 1. The summed E-state index contributed by atoms with van der Waals surface area (Å²) in [6.45, 7) is 4.32. The Kier molecular flexibility index (Phi) is 6.91. The molecule has 34 heavy (non-hydrogen) atoms. The number of fused-ring (bicyclic) bond motifs is 3. The lowest BCUT2D eigenvalue weighted by atomic mass is 9.95. The molecule has 180 valence electrons. The summed E-state index contributed by atoms with van der Waals surface area (Å²) in [6.07, 6.45) is 1.93. The van der Waals surface area contributed by atoms with Crippen LogP contribution in [0.25, 0.3) is 11.1 Å². The van der Waals surface area contributed by atoms with Gasteiger partial charge in [0, 0.05) is 30.5 Å². The van der Waals surface area contributed by atoms with Crippen LogP contribution in [0.5, 0.6) is 0 Å². The van der Waals surface area contributed by atoms with Gasteiger partial charge in [0.25, 0.3) is 0 Å². The Bertz CT molecular complexity index is 1030. The summed E-state index contributed by atoms with van der Waals surface area (Å²) < 4.78 is 5.62. The molecule has 0 unspecified atom stereocenters. The zero-order valence-corrected chi connectivity index (χ0v) is 19.8. The molecule has 0 saturated carbocycles. The van der Waals surface area contributed by atoms with Gasteiger partial charge in [-0.15, -0.1) is 0 Å². The summed E-state index contributed by atoms with van der Waals surface area (Å²) in [5.74, 6) is -1.08. The van der Waals surface area contributed by atoms with Gasteiger partial charge < -0.3 is 20.1 Å². The van der Waals surface area contributed by atoms with Crippen molar-refractivity contribution in [2.24, 2.45) is 0 Å². The van der Waals surface area contributed by atoms with Gasteiger partial charge in [0.05, 0.1) is 6.42 Å². The van der Waals surface area contributed by atoms with E-state index in [4.69, 9.17) is 4.74 Å². The van der Waals surface area contributed by atoms with Crippen LogP contribution in [0, 0.1) is 0 Å². The molecule has 2 aliphatic rings. The van der Waals surface area contributed by atoms with Crippen LogP contribution in [-0.2, 0) is 14.3 Å². The summed E-state index contributed by atoms with van der Waals surface area (Å²) in [6, 6.07) is 16.0. The number of nitrogens with zero attached hydrogens (tertiary/aromatic N) is 1. The highest BCUT2D eigenvalue weighted by Crippen LogP contribution is 2.44. The van der Waals surface area contributed by atoms with Crippen molar-refractivity contribution in [3.05, 3.63) is 59.7 Å². The third-order valence-electron chi connectivity index (χ3n) is 6.74. The average molecular weight is 465 g/mol. The number of aliphatic carboxylic acids is 1. The maximum Gasteiger partial charge on any atom is 0.407 e. The summed E-state index contributed by atoms with van der Waals surface area (Å²) in [5.41, 5.74) is 3.78. The highest BCUT2D eigenvalue weighted by molar-refractivity contribution is 5.81. The number of benzene rings is 2. The van der Waals surface area contributed by atoms with Crippen LogP contribution in [0.3, 0.4) is 0 Å². The SMILES string of the molecule is CC(C)(CC(=O)N1CCCC[C@H]1CC(=O)O)NC(=O)OCC1c2ccccc2-c2ccccc21. The molecule has 2 aromatic rings. The molecule has 0 spiro atoms. The summed E-state index contributed by atoms with van der Waals surface area (Å²) in [7, 11) is 0. The molecule has 7 nitrogen and oxygen atoms in total. The molecule has 2 aromatic carbocycles. The molecule has 2 amide bonds. The van der Waals surface area contributed by atoms with Gasteiger partial charge in [-0.3, -0.25) is 9.59 Å². The molecule has 1 heterocycles. The monoisotopic (exact) mass is 464 g/mol. The molecule has 1 atom stereocenters. The molecule has 0 bridgehead atoms. The van der Waals surface area contributed by atoms with Crippen molar-refractivity contribution in [2.75, 3.05) is 13.2 Å². The van der Waals surface area contributed by atoms with Gasteiger partial charge in [-0.1, -0.05) is 48.5 Å². The zero-order chi connectivity index (χ0) is 24.3. The van der Waals surface area contributed by atoms with E-state index in [0.717, 1.165) is 35.1 Å². The molecule has 1 saturated heterocycles. The first-order chi connectivity index (χ1) is 16.2. The van der Waals surface area contributed by atoms with Crippen molar-refractivity contribution in [1.29, 1.82) is 0 Å². The van der Waals surface area contributed by atoms with E-state index in [2.05, 4.69) is 29.6 Å². The number of nitrogens with one attached hydrogen (secondary N) is 1. The number of rotatable bonds is 7. The molecule has 1 aliphatic heterocycles. The van der Waals surface area contributed by atoms with E-state index in [-0.39, 0.29) is 37.3 Å². The van der Waals surface area contributed by atoms with Crippen LogP contribution in [0.1, 0.15) is 63.0 Å². The number of piperidine rings is 1. The number of alkyl carbamates (subject to hydrolysis) is 1. The second kappa shape index (κ2) is 9.87. The predicted octanol–water partition coefficient (Wildman–Crippen LogP) is 4.55. The van der Waals surface area contributed by atoms with Gasteiger partial charge in [0.1, 0.15) is 6.61 Å². The Balaban J connectivity index is 1.35. The number of carboxylic acids is 1. The smallest absolute Gasteiger partial charge is 0.407 e. The molecule has 2 N–H and O–H groups in total. The maximum absolute atomic E-state index is 13.0. The molecular formula is C27H32N2O5. The lowest BCUT2D eigenvalue weighted by Crippen LogP contribution is -2.51. The number of amides is 2. The minimum atomic E-state index is -0.902. The number of ether oxygens (including phenoxy) is 1. The third-order valence-corrected chi connectivity index (χ3v) is 6.74. The second-order valence-corrected chi connectivity index (χ2v) is 9.85. The number of hydrogen-bond donors (Lipinski definition) is 2. The molecule has 0 radical (unpaired) electrons. The van der Waals surface area contributed by atoms with Gasteiger partial charge in [-0.25, -0.2) is 4.79 Å². The Hall–Kier alpha value is -3.35. The van der Waals surface area contributed by atoms with Gasteiger partial charge in [-0.05, 0) is 55.4 Å².